The van der Waals surface area contributed by atoms with Crippen LogP contribution < -0.4 is 10.6 Å². The second-order valence-corrected chi connectivity index (χ2v) is 8.61. The summed E-state index contributed by atoms with van der Waals surface area (Å²) in [5, 5.41) is 5.24. The molecule has 1 fully saturated rings. The van der Waals surface area contributed by atoms with Crippen LogP contribution in [-0.4, -0.2) is 43.2 Å². The number of rotatable bonds is 6. The number of carbonyl (C=O) groups is 2. The summed E-state index contributed by atoms with van der Waals surface area (Å²) in [5.41, 5.74) is 0.525. The lowest BCUT2D eigenvalue weighted by molar-refractivity contribution is -0.119. The van der Waals surface area contributed by atoms with E-state index < -0.39 is 10.0 Å². The second-order valence-electron chi connectivity index (χ2n) is 6.77. The van der Waals surface area contributed by atoms with Gasteiger partial charge in [-0.2, -0.15) is 4.31 Å². The van der Waals surface area contributed by atoms with Gasteiger partial charge >= 0.3 is 0 Å². The topological polar surface area (TPSA) is 95.6 Å². The van der Waals surface area contributed by atoms with E-state index in [1.807, 2.05) is 13.8 Å². The number of anilines is 1. The predicted molar refractivity (Wildman–Crippen MR) is 100 cm³/mol. The van der Waals surface area contributed by atoms with E-state index in [9.17, 15) is 18.0 Å². The molecular formula is C18H27N3O4S. The maximum absolute atomic E-state index is 12.9. The van der Waals surface area contributed by atoms with Gasteiger partial charge in [0.2, 0.25) is 21.8 Å². The SMILES string of the molecule is CC(=O)NCCC(=O)Nc1ccc(S(=O)(=O)N2[C@@H](C)CCC[C@@H]2C)cc1. The number of nitrogens with one attached hydrogen (secondary N) is 2. The zero-order valence-electron chi connectivity index (χ0n) is 15.5. The molecule has 2 rings (SSSR count). The van der Waals surface area contributed by atoms with Crippen LogP contribution in [0.3, 0.4) is 0 Å². The smallest absolute Gasteiger partial charge is 0.243 e. The van der Waals surface area contributed by atoms with E-state index in [-0.39, 0.29) is 41.8 Å². The molecular weight excluding hydrogens is 354 g/mol. The van der Waals surface area contributed by atoms with Gasteiger partial charge < -0.3 is 10.6 Å². The van der Waals surface area contributed by atoms with Crippen LogP contribution in [0.2, 0.25) is 0 Å². The highest BCUT2D eigenvalue weighted by atomic mass is 32.2. The summed E-state index contributed by atoms with van der Waals surface area (Å²) in [7, 11) is -3.56. The normalized spacial score (nSPS) is 21.2. The summed E-state index contributed by atoms with van der Waals surface area (Å²) in [6, 6.07) is 6.18. The fraction of sp³-hybridized carbons (Fsp3) is 0.556. The van der Waals surface area contributed by atoms with Crippen molar-refractivity contribution in [2.75, 3.05) is 11.9 Å². The van der Waals surface area contributed by atoms with Gasteiger partial charge in [0.25, 0.3) is 0 Å². The number of benzene rings is 1. The summed E-state index contributed by atoms with van der Waals surface area (Å²) in [4.78, 5) is 22.8. The van der Waals surface area contributed by atoms with Gasteiger partial charge in [-0.1, -0.05) is 6.42 Å². The minimum absolute atomic E-state index is 0.0168. The van der Waals surface area contributed by atoms with E-state index in [0.717, 1.165) is 19.3 Å². The van der Waals surface area contributed by atoms with Crippen LogP contribution in [0.4, 0.5) is 5.69 Å². The Hall–Kier alpha value is -1.93. The minimum atomic E-state index is -3.56. The van der Waals surface area contributed by atoms with E-state index in [1.54, 1.807) is 16.4 Å². The van der Waals surface area contributed by atoms with E-state index in [4.69, 9.17) is 0 Å². The van der Waals surface area contributed by atoms with Gasteiger partial charge in [0.1, 0.15) is 0 Å². The van der Waals surface area contributed by atoms with Gasteiger partial charge in [-0.3, -0.25) is 9.59 Å². The first kappa shape index (κ1) is 20.4. The number of hydrogen-bond acceptors (Lipinski definition) is 4. The fourth-order valence-corrected chi connectivity index (χ4v) is 5.16. The van der Waals surface area contributed by atoms with E-state index >= 15 is 0 Å². The maximum atomic E-state index is 12.9. The van der Waals surface area contributed by atoms with E-state index in [0.29, 0.717) is 5.69 Å². The molecule has 1 aromatic rings. The van der Waals surface area contributed by atoms with Gasteiger partial charge in [0, 0.05) is 37.7 Å². The predicted octanol–water partition coefficient (Wildman–Crippen LogP) is 2.10. The lowest BCUT2D eigenvalue weighted by atomic mass is 10.0. The average Bonchev–Trinajstić information content (AvgIpc) is 2.54. The second kappa shape index (κ2) is 8.64. The highest BCUT2D eigenvalue weighted by molar-refractivity contribution is 7.89. The van der Waals surface area contributed by atoms with Gasteiger partial charge in [-0.25, -0.2) is 8.42 Å². The first-order chi connectivity index (χ1) is 12.2. The molecule has 7 nitrogen and oxygen atoms in total. The average molecular weight is 381 g/mol. The summed E-state index contributed by atoms with van der Waals surface area (Å²) < 4.78 is 27.5. The number of amides is 2. The molecule has 1 aliphatic rings. The van der Waals surface area contributed by atoms with E-state index in [1.165, 1.54) is 19.1 Å². The summed E-state index contributed by atoms with van der Waals surface area (Å²) in [5.74, 6) is -0.429. The molecule has 1 aliphatic heterocycles. The molecule has 0 bridgehead atoms. The Kier molecular flexibility index (Phi) is 6.77. The van der Waals surface area contributed by atoms with Gasteiger partial charge in [-0.05, 0) is 51.0 Å². The number of carbonyl (C=O) groups excluding carboxylic acids is 2. The third-order valence-corrected chi connectivity index (χ3v) is 6.69. The third-order valence-electron chi connectivity index (χ3n) is 4.55. The van der Waals surface area contributed by atoms with Gasteiger partial charge in [0.05, 0.1) is 4.90 Å². The summed E-state index contributed by atoms with van der Waals surface area (Å²) in [6.07, 6.45) is 2.93. The van der Waals surface area contributed by atoms with Crippen molar-refractivity contribution in [3.8, 4) is 0 Å². The largest absolute Gasteiger partial charge is 0.356 e. The number of nitrogens with zero attached hydrogens (tertiary/aromatic N) is 1. The van der Waals surface area contributed by atoms with Crippen molar-refractivity contribution >= 4 is 27.5 Å². The maximum Gasteiger partial charge on any atom is 0.243 e. The monoisotopic (exact) mass is 381 g/mol. The summed E-state index contributed by atoms with van der Waals surface area (Å²) in [6.45, 7) is 5.53. The molecule has 144 valence electrons. The van der Waals surface area contributed by atoms with E-state index in [2.05, 4.69) is 10.6 Å². The Bertz CT molecular complexity index is 736. The molecule has 0 spiro atoms. The Morgan fingerprint density at radius 1 is 1.12 bits per heavy atom. The van der Waals surface area contributed by atoms with Crippen LogP contribution in [0, 0.1) is 0 Å². The Morgan fingerprint density at radius 3 is 2.23 bits per heavy atom. The number of hydrogen-bond donors (Lipinski definition) is 2. The molecule has 1 aromatic carbocycles. The van der Waals surface area contributed by atoms with Crippen LogP contribution in [0.15, 0.2) is 29.2 Å². The van der Waals surface area contributed by atoms with Crippen molar-refractivity contribution in [1.82, 2.24) is 9.62 Å². The van der Waals surface area contributed by atoms with Crippen molar-refractivity contribution in [3.63, 3.8) is 0 Å². The minimum Gasteiger partial charge on any atom is -0.356 e. The summed E-state index contributed by atoms with van der Waals surface area (Å²) >= 11 is 0. The Balaban J connectivity index is 2.04. The Labute approximate surface area is 155 Å². The molecule has 0 radical (unpaired) electrons. The zero-order valence-corrected chi connectivity index (χ0v) is 16.3. The lowest BCUT2D eigenvalue weighted by Gasteiger charge is -2.37. The van der Waals surface area contributed by atoms with Crippen LogP contribution in [0.25, 0.3) is 0 Å². The molecule has 2 amide bonds. The molecule has 1 heterocycles. The molecule has 1 saturated heterocycles. The van der Waals surface area contributed by atoms with Crippen LogP contribution in [-0.2, 0) is 19.6 Å². The standard InChI is InChI=1S/C18H27N3O4S/c1-13-5-4-6-14(2)21(13)26(24,25)17-9-7-16(8-10-17)20-18(23)11-12-19-15(3)22/h7-10,13-14H,4-6,11-12H2,1-3H3,(H,19,22)(H,20,23)/t13-,14-/m0/s1. The molecule has 0 saturated carbocycles. The molecule has 26 heavy (non-hydrogen) atoms. The zero-order chi connectivity index (χ0) is 19.3. The highest BCUT2D eigenvalue weighted by Crippen LogP contribution is 2.29. The highest BCUT2D eigenvalue weighted by Gasteiger charge is 2.35. The lowest BCUT2D eigenvalue weighted by Crippen LogP contribution is -2.47. The molecule has 8 heteroatoms. The molecule has 2 N–H and O–H groups in total. The molecule has 2 atom stereocenters. The van der Waals surface area contributed by atoms with Crippen molar-refractivity contribution in [1.29, 1.82) is 0 Å². The molecule has 0 unspecified atom stereocenters. The van der Waals surface area contributed by atoms with Crippen LogP contribution in [0.1, 0.15) is 46.5 Å². The number of piperidine rings is 1. The van der Waals surface area contributed by atoms with Crippen molar-refractivity contribution in [3.05, 3.63) is 24.3 Å². The number of sulfonamides is 1. The Morgan fingerprint density at radius 2 is 1.69 bits per heavy atom. The quantitative estimate of drug-likeness (QED) is 0.789. The van der Waals surface area contributed by atoms with Gasteiger partial charge in [0.15, 0.2) is 0 Å². The van der Waals surface area contributed by atoms with Crippen molar-refractivity contribution in [2.24, 2.45) is 0 Å². The van der Waals surface area contributed by atoms with Gasteiger partial charge in [-0.15, -0.1) is 0 Å². The third kappa shape index (κ3) is 5.04. The molecule has 0 aliphatic carbocycles. The first-order valence-electron chi connectivity index (χ1n) is 8.89. The fourth-order valence-electron chi connectivity index (χ4n) is 3.28. The van der Waals surface area contributed by atoms with Crippen LogP contribution in [0.5, 0.6) is 0 Å². The van der Waals surface area contributed by atoms with Crippen molar-refractivity contribution < 1.29 is 18.0 Å². The van der Waals surface area contributed by atoms with Crippen LogP contribution >= 0.6 is 0 Å². The first-order valence-corrected chi connectivity index (χ1v) is 10.3. The van der Waals surface area contributed by atoms with Crippen molar-refractivity contribution in [2.45, 2.75) is 63.4 Å². The molecule has 0 aromatic heterocycles.